The van der Waals surface area contributed by atoms with Crippen LogP contribution in [0.15, 0.2) is 72.1 Å². The number of amides is 1. The van der Waals surface area contributed by atoms with Crippen molar-refractivity contribution in [1.82, 2.24) is 4.98 Å². The minimum Gasteiger partial charge on any atom is -0.322 e. The number of aromatic nitrogens is 1. The normalized spacial score (nSPS) is 11.4. The van der Waals surface area contributed by atoms with Crippen LogP contribution in [-0.4, -0.2) is 10.9 Å². The molecule has 0 spiro atoms. The van der Waals surface area contributed by atoms with Crippen molar-refractivity contribution < 1.29 is 18.0 Å². The van der Waals surface area contributed by atoms with Gasteiger partial charge in [-0.3, -0.25) is 4.79 Å². The molecule has 0 saturated heterocycles. The van der Waals surface area contributed by atoms with Gasteiger partial charge < -0.3 is 5.32 Å². The van der Waals surface area contributed by atoms with E-state index in [0.29, 0.717) is 21.3 Å². The molecule has 0 unspecified atom stereocenters. The maximum absolute atomic E-state index is 12.9. The summed E-state index contributed by atoms with van der Waals surface area (Å²) in [4.78, 5) is 17.0. The number of hydrogen-bond acceptors (Lipinski definition) is 3. The van der Waals surface area contributed by atoms with Crippen molar-refractivity contribution in [2.45, 2.75) is 6.18 Å². The van der Waals surface area contributed by atoms with Crippen LogP contribution in [0.25, 0.3) is 21.8 Å². The fraction of sp³-hybridized carbons (Fsp3) is 0.0435. The zero-order chi connectivity index (χ0) is 22.9. The van der Waals surface area contributed by atoms with Crippen molar-refractivity contribution in [3.63, 3.8) is 0 Å². The van der Waals surface area contributed by atoms with Gasteiger partial charge in [0.15, 0.2) is 0 Å². The summed E-state index contributed by atoms with van der Waals surface area (Å²) in [5, 5.41) is 6.13. The van der Waals surface area contributed by atoms with E-state index in [1.54, 1.807) is 42.5 Å². The maximum Gasteiger partial charge on any atom is 0.416 e. The van der Waals surface area contributed by atoms with Gasteiger partial charge in [0.2, 0.25) is 0 Å². The van der Waals surface area contributed by atoms with Crippen molar-refractivity contribution >= 4 is 46.1 Å². The van der Waals surface area contributed by atoms with Crippen LogP contribution < -0.4 is 5.32 Å². The second-order valence-corrected chi connectivity index (χ2v) is 8.47. The number of nitrogens with one attached hydrogen (secondary N) is 1. The van der Waals surface area contributed by atoms with Crippen molar-refractivity contribution in [3.8, 4) is 21.8 Å². The second kappa shape index (κ2) is 8.94. The zero-order valence-corrected chi connectivity index (χ0v) is 18.4. The first kappa shape index (κ1) is 22.3. The largest absolute Gasteiger partial charge is 0.416 e. The SMILES string of the molecule is O=C(Nc1cccc(C(F)(F)F)c1)c1ccc(-c2nc(-c3ccc(Cl)cc3Cl)cs2)cc1. The van der Waals surface area contributed by atoms with Crippen molar-refractivity contribution in [3.05, 3.63) is 93.3 Å². The van der Waals surface area contributed by atoms with Gasteiger partial charge >= 0.3 is 6.18 Å². The molecule has 0 radical (unpaired) electrons. The molecule has 1 aromatic heterocycles. The third-order valence-corrected chi connectivity index (χ3v) is 5.99. The predicted octanol–water partition coefficient (Wildman–Crippen LogP) is 8.06. The second-order valence-electron chi connectivity index (χ2n) is 6.77. The fourth-order valence-electron chi connectivity index (χ4n) is 2.97. The first-order chi connectivity index (χ1) is 15.2. The summed E-state index contributed by atoms with van der Waals surface area (Å²) < 4.78 is 38.6. The molecular weight excluding hydrogens is 480 g/mol. The van der Waals surface area contributed by atoms with E-state index in [1.165, 1.54) is 23.5 Å². The Labute approximate surface area is 195 Å². The van der Waals surface area contributed by atoms with Crippen LogP contribution in [0.1, 0.15) is 15.9 Å². The van der Waals surface area contributed by atoms with Gasteiger partial charge in [0, 0.05) is 32.8 Å². The molecule has 1 amide bonds. The van der Waals surface area contributed by atoms with Gasteiger partial charge in [0.05, 0.1) is 16.3 Å². The first-order valence-electron chi connectivity index (χ1n) is 9.21. The van der Waals surface area contributed by atoms with E-state index in [2.05, 4.69) is 10.3 Å². The van der Waals surface area contributed by atoms with Gasteiger partial charge in [-0.2, -0.15) is 13.2 Å². The molecule has 9 heteroatoms. The van der Waals surface area contributed by atoms with Crippen LogP contribution in [0.4, 0.5) is 18.9 Å². The summed E-state index contributed by atoms with van der Waals surface area (Å²) in [5.74, 6) is -0.511. The Bertz CT molecular complexity index is 1290. The molecule has 3 nitrogen and oxygen atoms in total. The third-order valence-electron chi connectivity index (χ3n) is 4.55. The molecule has 0 bridgehead atoms. The number of halogens is 5. The van der Waals surface area contributed by atoms with Gasteiger partial charge in [-0.1, -0.05) is 41.4 Å². The minimum atomic E-state index is -4.48. The summed E-state index contributed by atoms with van der Waals surface area (Å²) in [5.41, 5.74) is 1.81. The van der Waals surface area contributed by atoms with Crippen molar-refractivity contribution in [2.75, 3.05) is 5.32 Å². The standard InChI is InChI=1S/C23H13Cl2F3N2OS/c24-16-8-9-18(19(25)11-16)20-12-32-22(30-20)14-6-4-13(5-7-14)21(31)29-17-3-1-2-15(10-17)23(26,27)28/h1-12H,(H,29,31). The van der Waals surface area contributed by atoms with Crippen molar-refractivity contribution in [2.24, 2.45) is 0 Å². The Hall–Kier alpha value is -2.87. The van der Waals surface area contributed by atoms with Crippen LogP contribution in [0.3, 0.4) is 0 Å². The van der Waals surface area contributed by atoms with Gasteiger partial charge in [0.1, 0.15) is 5.01 Å². The average Bonchev–Trinajstić information content (AvgIpc) is 3.23. The quantitative estimate of drug-likeness (QED) is 0.313. The molecule has 4 aromatic rings. The summed E-state index contributed by atoms with van der Waals surface area (Å²) in [6, 6.07) is 16.3. The Morgan fingerprint density at radius 2 is 1.72 bits per heavy atom. The van der Waals surface area contributed by atoms with Crippen LogP contribution >= 0.6 is 34.5 Å². The number of hydrogen-bond donors (Lipinski definition) is 1. The number of thiazole rings is 1. The summed E-state index contributed by atoms with van der Waals surface area (Å²) in [6.07, 6.45) is -4.48. The topological polar surface area (TPSA) is 42.0 Å². The molecule has 0 aliphatic heterocycles. The molecule has 0 saturated carbocycles. The maximum atomic E-state index is 12.9. The van der Waals surface area contributed by atoms with E-state index in [9.17, 15) is 18.0 Å². The molecule has 0 fully saturated rings. The monoisotopic (exact) mass is 492 g/mol. The Kier molecular flexibility index (Phi) is 6.24. The van der Waals surface area contributed by atoms with Crippen LogP contribution in [0.2, 0.25) is 10.0 Å². The van der Waals surface area contributed by atoms with E-state index in [0.717, 1.165) is 28.3 Å². The van der Waals surface area contributed by atoms with E-state index in [-0.39, 0.29) is 5.69 Å². The molecule has 4 rings (SSSR count). The number of benzene rings is 3. The lowest BCUT2D eigenvalue weighted by atomic mass is 10.1. The van der Waals surface area contributed by atoms with Gasteiger partial charge in [0.25, 0.3) is 5.91 Å². The summed E-state index contributed by atoms with van der Waals surface area (Å²) >= 11 is 13.6. The molecule has 0 aliphatic rings. The lowest BCUT2D eigenvalue weighted by Gasteiger charge is -2.10. The van der Waals surface area contributed by atoms with E-state index < -0.39 is 17.6 Å². The highest BCUT2D eigenvalue weighted by Gasteiger charge is 2.30. The van der Waals surface area contributed by atoms with Crippen molar-refractivity contribution in [1.29, 1.82) is 0 Å². The highest BCUT2D eigenvalue weighted by molar-refractivity contribution is 7.13. The zero-order valence-electron chi connectivity index (χ0n) is 16.1. The summed E-state index contributed by atoms with van der Waals surface area (Å²) in [6.45, 7) is 0. The Balaban J connectivity index is 1.50. The fourth-order valence-corrected chi connectivity index (χ4v) is 4.30. The summed E-state index contributed by atoms with van der Waals surface area (Å²) in [7, 11) is 0. The van der Waals surface area contributed by atoms with Crippen LogP contribution in [0.5, 0.6) is 0 Å². The van der Waals surface area contributed by atoms with Gasteiger partial charge in [-0.25, -0.2) is 4.98 Å². The Morgan fingerprint density at radius 1 is 0.969 bits per heavy atom. The molecule has 1 N–H and O–H groups in total. The lowest BCUT2D eigenvalue weighted by molar-refractivity contribution is -0.137. The van der Waals surface area contributed by atoms with Gasteiger partial charge in [-0.15, -0.1) is 11.3 Å². The molecule has 162 valence electrons. The van der Waals surface area contributed by atoms with E-state index in [4.69, 9.17) is 23.2 Å². The van der Waals surface area contributed by atoms with Crippen LogP contribution in [0, 0.1) is 0 Å². The number of carbonyl (C=O) groups excluding carboxylic acids is 1. The number of anilines is 1. The number of alkyl halides is 3. The van der Waals surface area contributed by atoms with E-state index >= 15 is 0 Å². The molecule has 0 aliphatic carbocycles. The predicted molar refractivity (Wildman–Crippen MR) is 122 cm³/mol. The molecule has 3 aromatic carbocycles. The number of carbonyl (C=O) groups is 1. The lowest BCUT2D eigenvalue weighted by Crippen LogP contribution is -2.13. The minimum absolute atomic E-state index is 0.0679. The molecule has 0 atom stereocenters. The van der Waals surface area contributed by atoms with E-state index in [1.807, 2.05) is 5.38 Å². The highest BCUT2D eigenvalue weighted by atomic mass is 35.5. The van der Waals surface area contributed by atoms with Gasteiger partial charge in [-0.05, 0) is 48.5 Å². The molecular formula is C23H13Cl2F3N2OS. The Morgan fingerprint density at radius 3 is 2.41 bits per heavy atom. The highest BCUT2D eigenvalue weighted by Crippen LogP contribution is 2.34. The average molecular weight is 493 g/mol. The number of nitrogens with zero attached hydrogens (tertiary/aromatic N) is 1. The first-order valence-corrected chi connectivity index (χ1v) is 10.8. The third kappa shape index (κ3) is 4.96. The number of rotatable bonds is 4. The smallest absolute Gasteiger partial charge is 0.322 e. The molecule has 32 heavy (non-hydrogen) atoms. The van der Waals surface area contributed by atoms with Crippen LogP contribution in [-0.2, 0) is 6.18 Å². The molecule has 1 heterocycles.